The summed E-state index contributed by atoms with van der Waals surface area (Å²) in [6, 6.07) is 33.0. The van der Waals surface area contributed by atoms with E-state index in [1.807, 2.05) is 24.3 Å². The molecule has 0 atom stereocenters. The van der Waals surface area contributed by atoms with Crippen molar-refractivity contribution < 1.29 is 9.59 Å². The largest absolute Gasteiger partial charge is 0.289 e. The van der Waals surface area contributed by atoms with Crippen LogP contribution in [0.5, 0.6) is 0 Å². The second-order valence-electron chi connectivity index (χ2n) is 9.55. The van der Waals surface area contributed by atoms with Gasteiger partial charge in [0.15, 0.2) is 11.6 Å². The zero-order chi connectivity index (χ0) is 22.6. The van der Waals surface area contributed by atoms with Gasteiger partial charge in [0.2, 0.25) is 0 Å². The van der Waals surface area contributed by atoms with Gasteiger partial charge in [0.1, 0.15) is 0 Å². The van der Waals surface area contributed by atoms with E-state index in [-0.39, 0.29) is 23.4 Å². The number of carbonyl (C=O) groups excluding carboxylic acids is 2. The van der Waals surface area contributed by atoms with E-state index in [2.05, 4.69) is 60.7 Å². The molecule has 0 spiro atoms. The fourth-order valence-corrected chi connectivity index (χ4v) is 6.51. The summed E-state index contributed by atoms with van der Waals surface area (Å²) in [5.41, 5.74) is 10.1. The average Bonchev–Trinajstić information content (AvgIpc) is 2.89. The van der Waals surface area contributed by atoms with Gasteiger partial charge < -0.3 is 0 Å². The Hall–Kier alpha value is -4.30. The topological polar surface area (TPSA) is 34.1 Å². The normalized spacial score (nSPS) is 18.7. The van der Waals surface area contributed by atoms with E-state index in [1.165, 1.54) is 33.4 Å². The van der Waals surface area contributed by atoms with Crippen molar-refractivity contribution in [3.05, 3.63) is 153 Å². The molecule has 0 N–H and O–H groups in total. The van der Waals surface area contributed by atoms with Crippen LogP contribution < -0.4 is 0 Å². The molecular formula is C32H18O2. The Kier molecular flexibility index (Phi) is 3.30. The molecule has 34 heavy (non-hydrogen) atoms. The number of benzene rings is 5. The Morgan fingerprint density at radius 1 is 0.382 bits per heavy atom. The molecular weight excluding hydrogens is 416 g/mol. The van der Waals surface area contributed by atoms with E-state index >= 15 is 0 Å². The van der Waals surface area contributed by atoms with Gasteiger partial charge in [0.25, 0.3) is 0 Å². The quantitative estimate of drug-likeness (QED) is 0.269. The third-order valence-corrected chi connectivity index (χ3v) is 7.94. The molecule has 4 aliphatic carbocycles. The van der Waals surface area contributed by atoms with Crippen molar-refractivity contribution in [2.24, 2.45) is 0 Å². The molecule has 0 unspecified atom stereocenters. The van der Waals surface area contributed by atoms with Crippen molar-refractivity contribution in [2.75, 3.05) is 0 Å². The Morgan fingerprint density at radius 3 is 1.12 bits per heavy atom. The third-order valence-electron chi connectivity index (χ3n) is 7.94. The Labute approximate surface area is 196 Å². The second kappa shape index (κ2) is 6.18. The Morgan fingerprint density at radius 2 is 0.735 bits per heavy atom. The average molecular weight is 434 g/mol. The van der Waals surface area contributed by atoms with Gasteiger partial charge in [0.05, 0.1) is 0 Å². The molecule has 2 bridgehead atoms. The summed E-state index contributed by atoms with van der Waals surface area (Å²) in [5, 5.41) is 2.03. The highest BCUT2D eigenvalue weighted by Crippen LogP contribution is 2.56. The summed E-state index contributed by atoms with van der Waals surface area (Å²) < 4.78 is 0. The third kappa shape index (κ3) is 2.11. The molecule has 9 rings (SSSR count). The van der Waals surface area contributed by atoms with E-state index in [4.69, 9.17) is 0 Å². The molecule has 5 aromatic rings. The van der Waals surface area contributed by atoms with Crippen LogP contribution in [0.1, 0.15) is 77.1 Å². The SMILES string of the molecule is O=C1c2ccccc2C(=O)c2cc3cc4c(cc3cc21)C1c2ccccc2C4c2ccccc21. The summed E-state index contributed by atoms with van der Waals surface area (Å²) in [4.78, 5) is 26.6. The summed E-state index contributed by atoms with van der Waals surface area (Å²) >= 11 is 0. The zero-order valence-electron chi connectivity index (χ0n) is 18.2. The number of carbonyl (C=O) groups is 2. The van der Waals surface area contributed by atoms with Crippen LogP contribution in [0.3, 0.4) is 0 Å². The maximum absolute atomic E-state index is 13.3. The van der Waals surface area contributed by atoms with E-state index in [0.717, 1.165) is 10.8 Å². The predicted octanol–water partition coefficient (Wildman–Crippen LogP) is 6.60. The van der Waals surface area contributed by atoms with Crippen LogP contribution in [-0.2, 0) is 0 Å². The molecule has 0 saturated heterocycles. The number of hydrogen-bond donors (Lipinski definition) is 0. The van der Waals surface area contributed by atoms with Crippen LogP contribution in [-0.4, -0.2) is 11.6 Å². The van der Waals surface area contributed by atoms with Gasteiger partial charge in [-0.3, -0.25) is 9.59 Å². The molecule has 0 amide bonds. The van der Waals surface area contributed by atoms with Gasteiger partial charge in [-0.2, -0.15) is 0 Å². The zero-order valence-corrected chi connectivity index (χ0v) is 18.2. The molecule has 0 radical (unpaired) electrons. The van der Waals surface area contributed by atoms with Gasteiger partial charge in [0, 0.05) is 34.1 Å². The molecule has 0 aliphatic heterocycles. The minimum atomic E-state index is -0.0676. The fourth-order valence-electron chi connectivity index (χ4n) is 6.51. The van der Waals surface area contributed by atoms with E-state index in [1.54, 1.807) is 12.1 Å². The lowest BCUT2D eigenvalue weighted by molar-refractivity contribution is 0.0979. The van der Waals surface area contributed by atoms with Gasteiger partial charge in [-0.1, -0.05) is 72.8 Å². The minimum Gasteiger partial charge on any atom is -0.289 e. The summed E-state index contributed by atoms with van der Waals surface area (Å²) in [6.45, 7) is 0. The van der Waals surface area contributed by atoms with E-state index < -0.39 is 0 Å². The lowest BCUT2D eigenvalue weighted by Gasteiger charge is -2.42. The molecule has 0 fully saturated rings. The van der Waals surface area contributed by atoms with Crippen LogP contribution in [0.15, 0.2) is 97.1 Å². The second-order valence-corrected chi connectivity index (χ2v) is 9.55. The minimum absolute atomic E-state index is 0.0676. The summed E-state index contributed by atoms with van der Waals surface area (Å²) in [6.07, 6.45) is 0. The smallest absolute Gasteiger partial charge is 0.194 e. The van der Waals surface area contributed by atoms with Crippen molar-refractivity contribution >= 4 is 22.3 Å². The van der Waals surface area contributed by atoms with Crippen LogP contribution in [0.2, 0.25) is 0 Å². The number of fused-ring (bicyclic) bond motifs is 3. The lowest BCUT2D eigenvalue weighted by Crippen LogP contribution is -2.27. The number of ketones is 2. The van der Waals surface area contributed by atoms with Crippen LogP contribution >= 0.6 is 0 Å². The van der Waals surface area contributed by atoms with Gasteiger partial charge >= 0.3 is 0 Å². The highest BCUT2D eigenvalue weighted by Gasteiger charge is 2.41. The molecule has 0 heterocycles. The molecule has 0 saturated carbocycles. The number of hydrogen-bond acceptors (Lipinski definition) is 2. The van der Waals surface area contributed by atoms with E-state index in [9.17, 15) is 9.59 Å². The van der Waals surface area contributed by atoms with Gasteiger partial charge in [-0.25, -0.2) is 0 Å². The lowest BCUT2D eigenvalue weighted by atomic mass is 9.61. The molecule has 158 valence electrons. The maximum Gasteiger partial charge on any atom is 0.194 e. The van der Waals surface area contributed by atoms with Crippen molar-refractivity contribution in [1.82, 2.24) is 0 Å². The molecule has 0 aromatic heterocycles. The highest BCUT2D eigenvalue weighted by molar-refractivity contribution is 6.29. The fraction of sp³-hybridized carbons (Fsp3) is 0.0625. The first kappa shape index (κ1) is 18.2. The van der Waals surface area contributed by atoms with Crippen LogP contribution in [0.4, 0.5) is 0 Å². The monoisotopic (exact) mass is 434 g/mol. The first-order valence-corrected chi connectivity index (χ1v) is 11.7. The summed E-state index contributed by atoms with van der Waals surface area (Å²) in [7, 11) is 0. The maximum atomic E-state index is 13.3. The van der Waals surface area contributed by atoms with Crippen LogP contribution in [0.25, 0.3) is 10.8 Å². The van der Waals surface area contributed by atoms with Gasteiger partial charge in [-0.15, -0.1) is 0 Å². The predicted molar refractivity (Wildman–Crippen MR) is 132 cm³/mol. The van der Waals surface area contributed by atoms with Crippen LogP contribution in [0, 0.1) is 0 Å². The van der Waals surface area contributed by atoms with Crippen molar-refractivity contribution in [2.45, 2.75) is 11.8 Å². The Bertz CT molecular complexity index is 1580. The number of rotatable bonds is 0. The van der Waals surface area contributed by atoms with Gasteiger partial charge in [-0.05, 0) is 68.4 Å². The highest BCUT2D eigenvalue weighted by atomic mass is 16.1. The molecule has 5 aromatic carbocycles. The standard InChI is InChI=1S/C32H18O2/c33-31-23-11-5-6-12-24(23)32(34)28-16-18-14-26-25(13-17(18)15-27(28)31)29-19-7-1-2-8-20(19)30(26)22-10-4-3-9-21(22)29/h1-16,29-30H. The van der Waals surface area contributed by atoms with Crippen molar-refractivity contribution in [1.29, 1.82) is 0 Å². The Balaban J connectivity index is 1.41. The van der Waals surface area contributed by atoms with Crippen molar-refractivity contribution in [3.8, 4) is 0 Å². The molecule has 4 aliphatic rings. The van der Waals surface area contributed by atoms with Crippen molar-refractivity contribution in [3.63, 3.8) is 0 Å². The summed E-state index contributed by atoms with van der Waals surface area (Å²) in [5.74, 6) is 0.237. The first-order chi connectivity index (χ1) is 16.7. The molecule has 2 heteroatoms. The molecule has 2 nitrogen and oxygen atoms in total. The first-order valence-electron chi connectivity index (χ1n) is 11.7. The van der Waals surface area contributed by atoms with E-state index in [0.29, 0.717) is 22.3 Å².